The summed E-state index contributed by atoms with van der Waals surface area (Å²) < 4.78 is 1.54. The van der Waals surface area contributed by atoms with Crippen molar-refractivity contribution in [2.24, 2.45) is 5.92 Å². The summed E-state index contributed by atoms with van der Waals surface area (Å²) in [7, 11) is 0. The number of hydrogen-bond donors (Lipinski definition) is 2. The number of rotatable bonds is 6. The van der Waals surface area contributed by atoms with Crippen LogP contribution in [0.1, 0.15) is 29.9 Å². The standard InChI is InChI=1S/C15H18N4O3/c1-10(2)13(15(21)22)16-14(20)12-9-19(18-17-12)8-11-6-4-3-5-7-11/h3-7,9-10,13H,8H2,1-2H3,(H,16,20)(H,21,22)/t13-/m1/s1. The Bertz CT molecular complexity index is 652. The Hall–Kier alpha value is -2.70. The molecule has 0 saturated heterocycles. The molecule has 7 nitrogen and oxygen atoms in total. The highest BCUT2D eigenvalue weighted by molar-refractivity contribution is 5.94. The number of nitrogens with zero attached hydrogens (tertiary/aromatic N) is 3. The van der Waals surface area contributed by atoms with Gasteiger partial charge in [0.1, 0.15) is 6.04 Å². The van der Waals surface area contributed by atoms with Crippen molar-refractivity contribution < 1.29 is 14.7 Å². The maximum Gasteiger partial charge on any atom is 0.326 e. The zero-order chi connectivity index (χ0) is 16.1. The highest BCUT2D eigenvalue weighted by Gasteiger charge is 2.25. The Morgan fingerprint density at radius 2 is 1.95 bits per heavy atom. The number of carboxylic acids is 1. The molecule has 2 aromatic rings. The van der Waals surface area contributed by atoms with E-state index in [1.807, 2.05) is 30.3 Å². The van der Waals surface area contributed by atoms with E-state index in [0.29, 0.717) is 6.54 Å². The zero-order valence-electron chi connectivity index (χ0n) is 12.4. The lowest BCUT2D eigenvalue weighted by atomic mass is 10.0. The molecule has 7 heteroatoms. The number of aromatic nitrogens is 3. The quantitative estimate of drug-likeness (QED) is 0.834. The molecular formula is C15H18N4O3. The van der Waals surface area contributed by atoms with Gasteiger partial charge in [-0.3, -0.25) is 4.79 Å². The number of carbonyl (C=O) groups is 2. The maximum atomic E-state index is 12.0. The van der Waals surface area contributed by atoms with E-state index < -0.39 is 17.9 Å². The van der Waals surface area contributed by atoms with Gasteiger partial charge in [-0.05, 0) is 11.5 Å². The van der Waals surface area contributed by atoms with Gasteiger partial charge in [0.05, 0.1) is 12.7 Å². The summed E-state index contributed by atoms with van der Waals surface area (Å²) in [4.78, 5) is 23.1. The van der Waals surface area contributed by atoms with Crippen molar-refractivity contribution in [3.63, 3.8) is 0 Å². The smallest absolute Gasteiger partial charge is 0.326 e. The summed E-state index contributed by atoms with van der Waals surface area (Å²) in [5.41, 5.74) is 1.13. The first kappa shape index (κ1) is 15.7. The fraction of sp³-hybridized carbons (Fsp3) is 0.333. The molecular weight excluding hydrogens is 284 g/mol. The van der Waals surface area contributed by atoms with Gasteiger partial charge < -0.3 is 10.4 Å². The molecule has 116 valence electrons. The molecule has 0 saturated carbocycles. The summed E-state index contributed by atoms with van der Waals surface area (Å²) in [6, 6.07) is 8.69. The van der Waals surface area contributed by atoms with Gasteiger partial charge in [0.2, 0.25) is 0 Å². The minimum absolute atomic E-state index is 0.0998. The van der Waals surface area contributed by atoms with E-state index in [1.165, 1.54) is 10.9 Å². The highest BCUT2D eigenvalue weighted by atomic mass is 16.4. The van der Waals surface area contributed by atoms with E-state index in [0.717, 1.165) is 5.56 Å². The first-order valence-corrected chi connectivity index (χ1v) is 6.95. The number of carbonyl (C=O) groups excluding carboxylic acids is 1. The van der Waals surface area contributed by atoms with E-state index in [4.69, 9.17) is 5.11 Å². The molecule has 2 rings (SSSR count). The first-order chi connectivity index (χ1) is 10.5. The predicted octanol–water partition coefficient (Wildman–Crippen LogP) is 1.17. The second-order valence-corrected chi connectivity index (χ2v) is 5.32. The minimum Gasteiger partial charge on any atom is -0.480 e. The van der Waals surface area contributed by atoms with Crippen molar-refractivity contribution in [1.82, 2.24) is 20.3 Å². The second kappa shape index (κ2) is 6.84. The molecule has 0 aliphatic heterocycles. The van der Waals surface area contributed by atoms with Crippen LogP contribution < -0.4 is 5.32 Å². The summed E-state index contributed by atoms with van der Waals surface area (Å²) >= 11 is 0. The largest absolute Gasteiger partial charge is 0.480 e. The van der Waals surface area contributed by atoms with Crippen LogP contribution in [0, 0.1) is 5.92 Å². The highest BCUT2D eigenvalue weighted by Crippen LogP contribution is 2.05. The van der Waals surface area contributed by atoms with Crippen molar-refractivity contribution in [2.45, 2.75) is 26.4 Å². The van der Waals surface area contributed by atoms with Crippen molar-refractivity contribution in [2.75, 3.05) is 0 Å². The van der Waals surface area contributed by atoms with E-state index >= 15 is 0 Å². The molecule has 0 aliphatic carbocycles. The van der Waals surface area contributed by atoms with Gasteiger partial charge in [-0.2, -0.15) is 0 Å². The lowest BCUT2D eigenvalue weighted by molar-refractivity contribution is -0.140. The summed E-state index contributed by atoms with van der Waals surface area (Å²) in [6.07, 6.45) is 1.50. The van der Waals surface area contributed by atoms with Gasteiger partial charge in [0, 0.05) is 0 Å². The molecule has 0 bridgehead atoms. The molecule has 0 spiro atoms. The van der Waals surface area contributed by atoms with E-state index in [1.54, 1.807) is 13.8 Å². The lowest BCUT2D eigenvalue weighted by Gasteiger charge is -2.16. The van der Waals surface area contributed by atoms with Crippen LogP contribution in [-0.4, -0.2) is 38.0 Å². The molecule has 1 aromatic carbocycles. The predicted molar refractivity (Wildman–Crippen MR) is 79.3 cm³/mol. The van der Waals surface area contributed by atoms with E-state index in [2.05, 4.69) is 15.6 Å². The van der Waals surface area contributed by atoms with Crippen molar-refractivity contribution >= 4 is 11.9 Å². The Balaban J connectivity index is 2.04. The third-order valence-corrected chi connectivity index (χ3v) is 3.18. The van der Waals surface area contributed by atoms with Crippen LogP contribution in [0.3, 0.4) is 0 Å². The normalized spacial score (nSPS) is 12.1. The van der Waals surface area contributed by atoms with Crippen LogP contribution in [-0.2, 0) is 11.3 Å². The average Bonchev–Trinajstić information content (AvgIpc) is 2.93. The third-order valence-electron chi connectivity index (χ3n) is 3.18. The zero-order valence-corrected chi connectivity index (χ0v) is 12.4. The van der Waals surface area contributed by atoms with Crippen molar-refractivity contribution in [3.8, 4) is 0 Å². The molecule has 0 fully saturated rings. The SMILES string of the molecule is CC(C)[C@@H](NC(=O)c1cn(Cc2ccccc2)nn1)C(=O)O. The Morgan fingerprint density at radius 3 is 2.55 bits per heavy atom. The van der Waals surface area contributed by atoms with Gasteiger partial charge in [-0.15, -0.1) is 5.10 Å². The fourth-order valence-corrected chi connectivity index (χ4v) is 1.98. The second-order valence-electron chi connectivity index (χ2n) is 5.32. The third kappa shape index (κ3) is 3.91. The topological polar surface area (TPSA) is 97.1 Å². The Kier molecular flexibility index (Phi) is 4.88. The number of nitrogens with one attached hydrogen (secondary N) is 1. The van der Waals surface area contributed by atoms with Crippen LogP contribution in [0.4, 0.5) is 0 Å². The van der Waals surface area contributed by atoms with Gasteiger partial charge in [0.15, 0.2) is 5.69 Å². The molecule has 0 radical (unpaired) electrons. The van der Waals surface area contributed by atoms with Crippen molar-refractivity contribution in [1.29, 1.82) is 0 Å². The molecule has 1 aromatic heterocycles. The van der Waals surface area contributed by atoms with Gasteiger partial charge >= 0.3 is 5.97 Å². The van der Waals surface area contributed by atoms with E-state index in [-0.39, 0.29) is 11.6 Å². The lowest BCUT2D eigenvalue weighted by Crippen LogP contribution is -2.44. The first-order valence-electron chi connectivity index (χ1n) is 6.95. The van der Waals surface area contributed by atoms with Crippen molar-refractivity contribution in [3.05, 3.63) is 47.8 Å². The number of hydrogen-bond acceptors (Lipinski definition) is 4. The Morgan fingerprint density at radius 1 is 1.27 bits per heavy atom. The minimum atomic E-state index is -1.07. The molecule has 0 aliphatic rings. The molecule has 1 heterocycles. The van der Waals surface area contributed by atoms with Crippen LogP contribution in [0.25, 0.3) is 0 Å². The molecule has 1 atom stereocenters. The molecule has 1 amide bonds. The van der Waals surface area contributed by atoms with Gasteiger partial charge in [-0.1, -0.05) is 49.4 Å². The summed E-state index contributed by atoms with van der Waals surface area (Å²) in [5, 5.41) is 19.2. The van der Waals surface area contributed by atoms with Crippen LogP contribution in [0.15, 0.2) is 36.5 Å². The Labute approximate surface area is 128 Å². The fourth-order valence-electron chi connectivity index (χ4n) is 1.98. The maximum absolute atomic E-state index is 12.0. The van der Waals surface area contributed by atoms with E-state index in [9.17, 15) is 9.59 Å². The molecule has 22 heavy (non-hydrogen) atoms. The molecule has 0 unspecified atom stereocenters. The van der Waals surface area contributed by atoms with Crippen LogP contribution in [0.2, 0.25) is 0 Å². The number of aliphatic carboxylic acids is 1. The van der Waals surface area contributed by atoms with Gasteiger partial charge in [-0.25, -0.2) is 9.48 Å². The average molecular weight is 302 g/mol. The number of carboxylic acid groups (broad SMARTS) is 1. The number of benzene rings is 1. The monoisotopic (exact) mass is 302 g/mol. The summed E-state index contributed by atoms with van der Waals surface area (Å²) in [5.74, 6) is -1.83. The molecule has 2 N–H and O–H groups in total. The number of amides is 1. The van der Waals surface area contributed by atoms with Crippen LogP contribution >= 0.6 is 0 Å². The van der Waals surface area contributed by atoms with Crippen LogP contribution in [0.5, 0.6) is 0 Å². The summed E-state index contributed by atoms with van der Waals surface area (Å²) in [6.45, 7) is 3.95. The van der Waals surface area contributed by atoms with Gasteiger partial charge in [0.25, 0.3) is 5.91 Å².